The van der Waals surface area contributed by atoms with Gasteiger partial charge in [0.05, 0.1) is 6.20 Å². The summed E-state index contributed by atoms with van der Waals surface area (Å²) >= 11 is 0. The van der Waals surface area contributed by atoms with Crippen LogP contribution in [0.25, 0.3) is 5.82 Å². The molecule has 3 heterocycles. The first-order valence-electron chi connectivity index (χ1n) is 9.85. The molecule has 1 atom stereocenters. The molecule has 1 aromatic carbocycles. The number of aromatic nitrogens is 3. The molecule has 6 nitrogen and oxygen atoms in total. The van der Waals surface area contributed by atoms with Crippen molar-refractivity contribution < 1.29 is 9.47 Å². The van der Waals surface area contributed by atoms with Gasteiger partial charge in [0.2, 0.25) is 0 Å². The Balaban J connectivity index is 1.42. The standard InChI is InChI=1S/C22H28N4O2/c1-15(2)26-22(9-10-24-26)25-16(3)11-18(17(25)4)12-23-13-19-14-27-20-7-5-6-8-21(20)28-19/h5-11,15,19,23H,12-14H2,1-4H3. The minimum absolute atomic E-state index is 0.0146. The molecule has 1 unspecified atom stereocenters. The summed E-state index contributed by atoms with van der Waals surface area (Å²) in [6, 6.07) is 12.5. The van der Waals surface area contributed by atoms with Gasteiger partial charge in [-0.15, -0.1) is 0 Å². The molecular weight excluding hydrogens is 352 g/mol. The lowest BCUT2D eigenvalue weighted by molar-refractivity contribution is 0.0902. The molecule has 0 radical (unpaired) electrons. The Morgan fingerprint density at radius 2 is 1.96 bits per heavy atom. The highest BCUT2D eigenvalue weighted by Crippen LogP contribution is 2.30. The number of para-hydroxylation sites is 2. The number of nitrogens with one attached hydrogen (secondary N) is 1. The van der Waals surface area contributed by atoms with Crippen LogP contribution in [0, 0.1) is 13.8 Å². The van der Waals surface area contributed by atoms with Crippen molar-refractivity contribution in [3.63, 3.8) is 0 Å². The SMILES string of the molecule is Cc1cc(CNCC2COc3ccccc3O2)c(C)n1-c1ccnn1C(C)C. The summed E-state index contributed by atoms with van der Waals surface area (Å²) in [7, 11) is 0. The molecule has 1 aliphatic heterocycles. The maximum Gasteiger partial charge on any atom is 0.161 e. The van der Waals surface area contributed by atoms with Crippen molar-refractivity contribution in [2.45, 2.75) is 46.4 Å². The molecule has 4 rings (SSSR count). The van der Waals surface area contributed by atoms with E-state index in [0.717, 1.165) is 30.4 Å². The van der Waals surface area contributed by atoms with E-state index in [0.29, 0.717) is 12.6 Å². The van der Waals surface area contributed by atoms with Crippen molar-refractivity contribution in [2.24, 2.45) is 0 Å². The highest BCUT2D eigenvalue weighted by Gasteiger charge is 2.21. The summed E-state index contributed by atoms with van der Waals surface area (Å²) in [4.78, 5) is 0. The Bertz CT molecular complexity index is 957. The predicted octanol–water partition coefficient (Wildman–Crippen LogP) is 3.80. The van der Waals surface area contributed by atoms with Crippen LogP contribution in [0.1, 0.15) is 36.8 Å². The number of rotatable bonds is 6. The summed E-state index contributed by atoms with van der Waals surface area (Å²) in [5.74, 6) is 2.75. The van der Waals surface area contributed by atoms with Crippen LogP contribution in [-0.2, 0) is 6.54 Å². The molecule has 0 saturated heterocycles. The van der Waals surface area contributed by atoms with E-state index < -0.39 is 0 Å². The van der Waals surface area contributed by atoms with Gasteiger partial charge in [-0.05, 0) is 51.5 Å². The highest BCUT2D eigenvalue weighted by atomic mass is 16.6. The zero-order valence-electron chi connectivity index (χ0n) is 17.0. The van der Waals surface area contributed by atoms with Gasteiger partial charge in [-0.3, -0.25) is 0 Å². The molecule has 0 spiro atoms. The first kappa shape index (κ1) is 18.6. The van der Waals surface area contributed by atoms with Gasteiger partial charge in [0.25, 0.3) is 0 Å². The van der Waals surface area contributed by atoms with E-state index in [9.17, 15) is 0 Å². The fourth-order valence-corrected chi connectivity index (χ4v) is 3.77. The Kier molecular flexibility index (Phi) is 5.13. The molecule has 2 aromatic heterocycles. The van der Waals surface area contributed by atoms with Crippen molar-refractivity contribution in [3.8, 4) is 17.3 Å². The molecule has 3 aromatic rings. The normalized spacial score (nSPS) is 16.0. The Morgan fingerprint density at radius 1 is 1.18 bits per heavy atom. The summed E-state index contributed by atoms with van der Waals surface area (Å²) < 4.78 is 16.2. The fourth-order valence-electron chi connectivity index (χ4n) is 3.77. The first-order valence-corrected chi connectivity index (χ1v) is 9.85. The summed E-state index contributed by atoms with van der Waals surface area (Å²) in [5, 5.41) is 8.00. The van der Waals surface area contributed by atoms with Crippen molar-refractivity contribution in [3.05, 3.63) is 59.5 Å². The molecule has 0 saturated carbocycles. The topological polar surface area (TPSA) is 53.2 Å². The number of fused-ring (bicyclic) bond motifs is 1. The van der Waals surface area contributed by atoms with E-state index in [1.54, 1.807) is 0 Å². The van der Waals surface area contributed by atoms with Gasteiger partial charge < -0.3 is 19.4 Å². The van der Waals surface area contributed by atoms with Crippen LogP contribution in [0.2, 0.25) is 0 Å². The second kappa shape index (κ2) is 7.72. The van der Waals surface area contributed by atoms with Crippen LogP contribution in [0.3, 0.4) is 0 Å². The van der Waals surface area contributed by atoms with Crippen LogP contribution in [0.4, 0.5) is 0 Å². The monoisotopic (exact) mass is 380 g/mol. The molecular formula is C22H28N4O2. The third-order valence-corrected chi connectivity index (χ3v) is 5.16. The third-order valence-electron chi connectivity index (χ3n) is 5.16. The molecule has 28 heavy (non-hydrogen) atoms. The van der Waals surface area contributed by atoms with E-state index in [1.807, 2.05) is 30.5 Å². The lowest BCUT2D eigenvalue weighted by atomic mass is 10.2. The Morgan fingerprint density at radius 3 is 2.75 bits per heavy atom. The second-order valence-electron chi connectivity index (χ2n) is 7.59. The van der Waals surface area contributed by atoms with Crippen LogP contribution in [-0.4, -0.2) is 33.6 Å². The van der Waals surface area contributed by atoms with Crippen LogP contribution < -0.4 is 14.8 Å². The predicted molar refractivity (Wildman–Crippen MR) is 109 cm³/mol. The molecule has 0 fully saturated rings. The number of ether oxygens (including phenoxy) is 2. The second-order valence-corrected chi connectivity index (χ2v) is 7.59. The molecule has 1 aliphatic rings. The minimum Gasteiger partial charge on any atom is -0.486 e. The smallest absolute Gasteiger partial charge is 0.161 e. The third kappa shape index (κ3) is 3.52. The van der Waals surface area contributed by atoms with Gasteiger partial charge in [-0.25, -0.2) is 4.68 Å². The number of nitrogens with zero attached hydrogens (tertiary/aromatic N) is 3. The largest absolute Gasteiger partial charge is 0.486 e. The Hall–Kier alpha value is -2.73. The Labute approximate surface area is 166 Å². The maximum atomic E-state index is 6.03. The maximum absolute atomic E-state index is 6.03. The molecule has 6 heteroatoms. The number of hydrogen-bond acceptors (Lipinski definition) is 4. The van der Waals surface area contributed by atoms with Gasteiger partial charge in [-0.2, -0.15) is 5.10 Å². The number of aryl methyl sites for hydroxylation is 1. The quantitative estimate of drug-likeness (QED) is 0.707. The van der Waals surface area contributed by atoms with Crippen molar-refractivity contribution >= 4 is 0 Å². The molecule has 0 aliphatic carbocycles. The summed E-state index contributed by atoms with van der Waals surface area (Å²) in [6.45, 7) is 10.7. The van der Waals surface area contributed by atoms with Crippen LogP contribution >= 0.6 is 0 Å². The van der Waals surface area contributed by atoms with Crippen molar-refractivity contribution in [1.82, 2.24) is 19.7 Å². The van der Waals surface area contributed by atoms with Gasteiger partial charge in [0, 0.05) is 36.6 Å². The molecule has 1 N–H and O–H groups in total. The van der Waals surface area contributed by atoms with E-state index in [4.69, 9.17) is 9.47 Å². The van der Waals surface area contributed by atoms with Crippen LogP contribution in [0.15, 0.2) is 42.6 Å². The lowest BCUT2D eigenvalue weighted by Crippen LogP contribution is -2.38. The average molecular weight is 380 g/mol. The fraction of sp³-hybridized carbons (Fsp3) is 0.409. The zero-order valence-corrected chi connectivity index (χ0v) is 17.0. The lowest BCUT2D eigenvalue weighted by Gasteiger charge is -2.26. The van der Waals surface area contributed by atoms with E-state index >= 15 is 0 Å². The zero-order chi connectivity index (χ0) is 19.7. The molecule has 0 amide bonds. The minimum atomic E-state index is 0.0146. The van der Waals surface area contributed by atoms with Crippen molar-refractivity contribution in [2.75, 3.05) is 13.2 Å². The highest BCUT2D eigenvalue weighted by molar-refractivity contribution is 5.41. The number of benzene rings is 1. The average Bonchev–Trinajstić information content (AvgIpc) is 3.26. The van der Waals surface area contributed by atoms with E-state index in [-0.39, 0.29) is 6.10 Å². The summed E-state index contributed by atoms with van der Waals surface area (Å²) in [5.41, 5.74) is 3.73. The van der Waals surface area contributed by atoms with Gasteiger partial charge in [-0.1, -0.05) is 12.1 Å². The van der Waals surface area contributed by atoms with Gasteiger partial charge >= 0.3 is 0 Å². The van der Waals surface area contributed by atoms with Crippen LogP contribution in [0.5, 0.6) is 11.5 Å². The van der Waals surface area contributed by atoms with Gasteiger partial charge in [0.1, 0.15) is 18.5 Å². The number of hydrogen-bond donors (Lipinski definition) is 1. The van der Waals surface area contributed by atoms with E-state index in [1.165, 1.54) is 17.0 Å². The van der Waals surface area contributed by atoms with Crippen molar-refractivity contribution in [1.29, 1.82) is 0 Å². The van der Waals surface area contributed by atoms with Gasteiger partial charge in [0.15, 0.2) is 11.5 Å². The summed E-state index contributed by atoms with van der Waals surface area (Å²) in [6.07, 6.45) is 1.88. The van der Waals surface area contributed by atoms with E-state index in [2.05, 4.69) is 59.5 Å². The molecule has 148 valence electrons. The molecule has 0 bridgehead atoms. The first-order chi connectivity index (χ1) is 13.5.